The fourth-order valence-electron chi connectivity index (χ4n) is 2.71. The second-order valence-electron chi connectivity index (χ2n) is 6.00. The van der Waals surface area contributed by atoms with Crippen LogP contribution in [0.4, 0.5) is 0 Å². The molecule has 3 heterocycles. The molecule has 1 unspecified atom stereocenters. The quantitative estimate of drug-likeness (QED) is 0.774. The lowest BCUT2D eigenvalue weighted by Gasteiger charge is -2.23. The first-order chi connectivity index (χ1) is 12.2. The number of pyridine rings is 2. The third kappa shape index (κ3) is 5.14. The van der Waals surface area contributed by atoms with Crippen LogP contribution < -0.4 is 15.4 Å². The van der Waals surface area contributed by atoms with Crippen molar-refractivity contribution < 1.29 is 9.53 Å². The van der Waals surface area contributed by atoms with Gasteiger partial charge >= 0.3 is 0 Å². The summed E-state index contributed by atoms with van der Waals surface area (Å²) in [4.78, 5) is 20.2. The van der Waals surface area contributed by atoms with Crippen molar-refractivity contribution in [3.8, 4) is 5.75 Å². The van der Waals surface area contributed by atoms with E-state index in [4.69, 9.17) is 16.3 Å². The maximum atomic E-state index is 12.1. The fourth-order valence-corrected chi connectivity index (χ4v) is 2.88. The summed E-state index contributed by atoms with van der Waals surface area (Å²) in [5.74, 6) is 0.448. The molecule has 0 saturated carbocycles. The standard InChI is InChI=1S/C18H21ClN4O2/c19-17-14(10-23-18(24)13-4-3-6-20-9-13)8-16(11-22-17)25-12-15-5-1-2-7-21-15/h3-4,6,8-9,11,15,21H,1-2,5,7,10,12H2,(H,23,24). The lowest BCUT2D eigenvalue weighted by molar-refractivity contribution is 0.0950. The van der Waals surface area contributed by atoms with Crippen LogP contribution in [-0.4, -0.2) is 35.1 Å². The van der Waals surface area contributed by atoms with Crippen LogP contribution in [0.25, 0.3) is 0 Å². The topological polar surface area (TPSA) is 76.1 Å². The first-order valence-corrected chi connectivity index (χ1v) is 8.79. The first-order valence-electron chi connectivity index (χ1n) is 8.41. The van der Waals surface area contributed by atoms with E-state index in [1.165, 1.54) is 19.0 Å². The molecule has 1 saturated heterocycles. The van der Waals surface area contributed by atoms with E-state index in [2.05, 4.69) is 20.6 Å². The Morgan fingerprint density at radius 2 is 2.32 bits per heavy atom. The number of halogens is 1. The normalized spacial score (nSPS) is 17.1. The van der Waals surface area contributed by atoms with Crippen molar-refractivity contribution in [1.82, 2.24) is 20.6 Å². The van der Waals surface area contributed by atoms with Gasteiger partial charge in [-0.15, -0.1) is 0 Å². The number of amides is 1. The molecule has 2 N–H and O–H groups in total. The molecule has 0 aromatic carbocycles. The van der Waals surface area contributed by atoms with Crippen LogP contribution in [0.2, 0.25) is 5.15 Å². The first kappa shape index (κ1) is 17.6. The van der Waals surface area contributed by atoms with E-state index in [1.807, 2.05) is 6.07 Å². The lowest BCUT2D eigenvalue weighted by Crippen LogP contribution is -2.38. The minimum Gasteiger partial charge on any atom is -0.490 e. The Morgan fingerprint density at radius 3 is 3.08 bits per heavy atom. The molecule has 7 heteroatoms. The Morgan fingerprint density at radius 1 is 1.40 bits per heavy atom. The molecule has 1 atom stereocenters. The van der Waals surface area contributed by atoms with Gasteiger partial charge in [-0.2, -0.15) is 0 Å². The molecule has 2 aromatic rings. The van der Waals surface area contributed by atoms with Crippen molar-refractivity contribution >= 4 is 17.5 Å². The number of nitrogens with one attached hydrogen (secondary N) is 2. The number of nitrogens with zero attached hydrogens (tertiary/aromatic N) is 2. The molecule has 1 aliphatic rings. The van der Waals surface area contributed by atoms with Gasteiger partial charge in [0.1, 0.15) is 17.5 Å². The highest BCUT2D eigenvalue weighted by Crippen LogP contribution is 2.20. The molecule has 132 valence electrons. The molecule has 1 fully saturated rings. The molecule has 0 aliphatic carbocycles. The van der Waals surface area contributed by atoms with Crippen molar-refractivity contribution in [3.05, 3.63) is 53.1 Å². The smallest absolute Gasteiger partial charge is 0.253 e. The molecule has 2 aromatic heterocycles. The number of hydrogen-bond donors (Lipinski definition) is 2. The van der Waals surface area contributed by atoms with Gasteiger partial charge in [0.05, 0.1) is 11.8 Å². The zero-order chi connectivity index (χ0) is 17.5. The lowest BCUT2D eigenvalue weighted by atomic mass is 10.1. The van der Waals surface area contributed by atoms with Crippen LogP contribution in [0, 0.1) is 0 Å². The van der Waals surface area contributed by atoms with Crippen LogP contribution in [-0.2, 0) is 6.54 Å². The predicted molar refractivity (Wildman–Crippen MR) is 95.8 cm³/mol. The fraction of sp³-hybridized carbons (Fsp3) is 0.389. The van der Waals surface area contributed by atoms with Crippen LogP contribution in [0.5, 0.6) is 5.75 Å². The van der Waals surface area contributed by atoms with Crippen LogP contribution in [0.1, 0.15) is 35.2 Å². The Labute approximate surface area is 152 Å². The molecule has 25 heavy (non-hydrogen) atoms. The van der Waals surface area contributed by atoms with E-state index < -0.39 is 0 Å². The SMILES string of the molecule is O=C(NCc1cc(OCC2CCCCN2)cnc1Cl)c1cccnc1. The molecule has 1 amide bonds. The Bertz CT molecular complexity index is 705. The number of piperidine rings is 1. The molecule has 6 nitrogen and oxygen atoms in total. The minimum absolute atomic E-state index is 0.207. The second kappa shape index (κ2) is 8.78. The summed E-state index contributed by atoms with van der Waals surface area (Å²) in [5.41, 5.74) is 1.22. The van der Waals surface area contributed by atoms with Crippen LogP contribution in [0.3, 0.4) is 0 Å². The second-order valence-corrected chi connectivity index (χ2v) is 6.36. The average molecular weight is 361 g/mol. The van der Waals surface area contributed by atoms with E-state index in [9.17, 15) is 4.79 Å². The van der Waals surface area contributed by atoms with Gasteiger partial charge in [0.2, 0.25) is 0 Å². The maximum Gasteiger partial charge on any atom is 0.253 e. The van der Waals surface area contributed by atoms with Crippen molar-refractivity contribution in [3.63, 3.8) is 0 Å². The summed E-state index contributed by atoms with van der Waals surface area (Å²) >= 11 is 6.13. The van der Waals surface area contributed by atoms with Gasteiger partial charge in [0, 0.05) is 30.5 Å². The summed E-state index contributed by atoms with van der Waals surface area (Å²) in [6, 6.07) is 5.62. The van der Waals surface area contributed by atoms with Gasteiger partial charge in [-0.25, -0.2) is 4.98 Å². The number of carbonyl (C=O) groups excluding carboxylic acids is 1. The Kier molecular flexibility index (Phi) is 6.19. The predicted octanol–water partition coefficient (Wildman–Crippen LogP) is 2.58. The number of rotatable bonds is 6. The van der Waals surface area contributed by atoms with E-state index in [0.717, 1.165) is 13.0 Å². The summed E-state index contributed by atoms with van der Waals surface area (Å²) < 4.78 is 5.83. The molecule has 0 radical (unpaired) electrons. The number of aromatic nitrogens is 2. The highest BCUT2D eigenvalue weighted by Gasteiger charge is 2.14. The van der Waals surface area contributed by atoms with Crippen molar-refractivity contribution in [2.75, 3.05) is 13.2 Å². The summed E-state index contributed by atoms with van der Waals surface area (Å²) in [5, 5.41) is 6.61. The summed E-state index contributed by atoms with van der Waals surface area (Å²) in [6.07, 6.45) is 8.32. The van der Waals surface area contributed by atoms with E-state index >= 15 is 0 Å². The third-order valence-electron chi connectivity index (χ3n) is 4.11. The third-order valence-corrected chi connectivity index (χ3v) is 4.45. The van der Waals surface area contributed by atoms with Gasteiger partial charge in [-0.05, 0) is 37.6 Å². The Balaban J connectivity index is 1.56. The van der Waals surface area contributed by atoms with Crippen LogP contribution >= 0.6 is 11.6 Å². The van der Waals surface area contributed by atoms with E-state index in [0.29, 0.717) is 34.7 Å². The van der Waals surface area contributed by atoms with Crippen molar-refractivity contribution in [2.24, 2.45) is 0 Å². The molecular formula is C18H21ClN4O2. The van der Waals surface area contributed by atoms with Crippen molar-refractivity contribution in [1.29, 1.82) is 0 Å². The molecular weight excluding hydrogens is 340 g/mol. The zero-order valence-electron chi connectivity index (χ0n) is 13.9. The summed E-state index contributed by atoms with van der Waals surface area (Å²) in [6.45, 7) is 1.92. The molecule has 3 rings (SSSR count). The largest absolute Gasteiger partial charge is 0.490 e. The van der Waals surface area contributed by atoms with Crippen LogP contribution in [0.15, 0.2) is 36.8 Å². The monoisotopic (exact) mass is 360 g/mol. The van der Waals surface area contributed by atoms with Gasteiger partial charge in [0.25, 0.3) is 5.91 Å². The minimum atomic E-state index is -0.207. The van der Waals surface area contributed by atoms with Gasteiger partial charge in [0.15, 0.2) is 0 Å². The van der Waals surface area contributed by atoms with Gasteiger partial charge in [-0.1, -0.05) is 18.0 Å². The molecule has 0 bridgehead atoms. The molecule has 1 aliphatic heterocycles. The zero-order valence-corrected chi connectivity index (χ0v) is 14.6. The number of carbonyl (C=O) groups is 1. The highest BCUT2D eigenvalue weighted by molar-refractivity contribution is 6.30. The maximum absolute atomic E-state index is 12.1. The summed E-state index contributed by atoms with van der Waals surface area (Å²) in [7, 11) is 0. The molecule has 0 spiro atoms. The number of hydrogen-bond acceptors (Lipinski definition) is 5. The van der Waals surface area contributed by atoms with Gasteiger partial charge < -0.3 is 15.4 Å². The Hall–Kier alpha value is -2.18. The highest BCUT2D eigenvalue weighted by atomic mass is 35.5. The van der Waals surface area contributed by atoms with Gasteiger partial charge in [-0.3, -0.25) is 9.78 Å². The van der Waals surface area contributed by atoms with E-state index in [-0.39, 0.29) is 12.5 Å². The number of ether oxygens (including phenoxy) is 1. The van der Waals surface area contributed by atoms with Crippen molar-refractivity contribution in [2.45, 2.75) is 31.8 Å². The average Bonchev–Trinajstić information content (AvgIpc) is 2.67. The van der Waals surface area contributed by atoms with E-state index in [1.54, 1.807) is 24.5 Å².